The van der Waals surface area contributed by atoms with Crippen molar-refractivity contribution in [2.24, 2.45) is 0 Å². The van der Waals surface area contributed by atoms with E-state index in [9.17, 15) is 4.79 Å². The van der Waals surface area contributed by atoms with Gasteiger partial charge in [-0.15, -0.1) is 0 Å². The predicted octanol–water partition coefficient (Wildman–Crippen LogP) is 2.96. The lowest BCUT2D eigenvalue weighted by atomic mass is 10.00. The molecule has 0 aliphatic carbocycles. The van der Waals surface area contributed by atoms with Crippen molar-refractivity contribution in [3.05, 3.63) is 35.4 Å². The molecule has 0 fully saturated rings. The van der Waals surface area contributed by atoms with Gasteiger partial charge in [-0.05, 0) is 45.2 Å². The van der Waals surface area contributed by atoms with Crippen LogP contribution in [0.3, 0.4) is 0 Å². The minimum atomic E-state index is -0.340. The van der Waals surface area contributed by atoms with Gasteiger partial charge in [0.15, 0.2) is 0 Å². The molecule has 0 saturated heterocycles. The van der Waals surface area contributed by atoms with Crippen molar-refractivity contribution in [3.8, 4) is 0 Å². The molecule has 2 rings (SSSR count). The number of hydrogen-bond donors (Lipinski definition) is 1. The Morgan fingerprint density at radius 2 is 2.00 bits per heavy atom. The number of alkyl carbamates (subject to hydrolysis) is 1. The molecule has 1 N–H and O–H groups in total. The molecule has 4 nitrogen and oxygen atoms in total. The monoisotopic (exact) mass is 290 g/mol. The second-order valence-corrected chi connectivity index (χ2v) is 6.84. The van der Waals surface area contributed by atoms with E-state index in [2.05, 4.69) is 34.5 Å². The van der Waals surface area contributed by atoms with Gasteiger partial charge < -0.3 is 10.1 Å². The number of ether oxygens (including phenoxy) is 1. The molecule has 1 atom stereocenters. The topological polar surface area (TPSA) is 41.6 Å². The van der Waals surface area contributed by atoms with Crippen LogP contribution in [0, 0.1) is 0 Å². The summed E-state index contributed by atoms with van der Waals surface area (Å²) in [6.45, 7) is 10.5. The first-order chi connectivity index (χ1) is 9.83. The summed E-state index contributed by atoms with van der Waals surface area (Å²) in [7, 11) is 0. The van der Waals surface area contributed by atoms with Gasteiger partial charge in [0, 0.05) is 25.2 Å². The van der Waals surface area contributed by atoms with Crippen LogP contribution >= 0.6 is 0 Å². The number of fused-ring (bicyclic) bond motifs is 1. The minimum Gasteiger partial charge on any atom is -0.445 e. The van der Waals surface area contributed by atoms with E-state index in [0.717, 1.165) is 26.1 Å². The van der Waals surface area contributed by atoms with Gasteiger partial charge in [-0.1, -0.05) is 24.3 Å². The van der Waals surface area contributed by atoms with Crippen molar-refractivity contribution >= 4 is 6.09 Å². The lowest BCUT2D eigenvalue weighted by molar-refractivity contribution is 0.0714. The van der Waals surface area contributed by atoms with Crippen LogP contribution in [0.15, 0.2) is 24.3 Å². The molecule has 4 heteroatoms. The molecule has 0 bridgehead atoms. The van der Waals surface area contributed by atoms with Gasteiger partial charge in [0.2, 0.25) is 0 Å². The minimum absolute atomic E-state index is 0.113. The van der Waals surface area contributed by atoms with Crippen LogP contribution in [-0.4, -0.2) is 35.7 Å². The quantitative estimate of drug-likeness (QED) is 0.930. The fourth-order valence-electron chi connectivity index (χ4n) is 2.63. The van der Waals surface area contributed by atoms with Crippen molar-refractivity contribution in [2.75, 3.05) is 13.1 Å². The van der Waals surface area contributed by atoms with Gasteiger partial charge in [-0.2, -0.15) is 0 Å². The first-order valence-electron chi connectivity index (χ1n) is 7.61. The van der Waals surface area contributed by atoms with Gasteiger partial charge in [0.1, 0.15) is 6.10 Å². The van der Waals surface area contributed by atoms with Crippen molar-refractivity contribution in [2.45, 2.75) is 52.3 Å². The van der Waals surface area contributed by atoms with E-state index in [1.807, 2.05) is 27.7 Å². The Morgan fingerprint density at radius 1 is 1.33 bits per heavy atom. The number of amides is 1. The third-order valence-electron chi connectivity index (χ3n) is 3.51. The molecule has 0 unspecified atom stereocenters. The van der Waals surface area contributed by atoms with E-state index in [4.69, 9.17) is 4.74 Å². The van der Waals surface area contributed by atoms with Gasteiger partial charge in [-0.3, -0.25) is 4.90 Å². The van der Waals surface area contributed by atoms with E-state index in [0.29, 0.717) is 0 Å². The molecule has 0 radical (unpaired) electrons. The van der Waals surface area contributed by atoms with Crippen LogP contribution in [0.5, 0.6) is 0 Å². The molecule has 0 aromatic heterocycles. The highest BCUT2D eigenvalue weighted by Gasteiger charge is 2.21. The zero-order valence-electron chi connectivity index (χ0n) is 13.5. The Morgan fingerprint density at radius 3 is 2.67 bits per heavy atom. The third-order valence-corrected chi connectivity index (χ3v) is 3.51. The zero-order valence-corrected chi connectivity index (χ0v) is 13.5. The van der Waals surface area contributed by atoms with Gasteiger partial charge in [0.05, 0.1) is 0 Å². The summed E-state index contributed by atoms with van der Waals surface area (Å²) in [5, 5.41) is 2.82. The number of carbonyl (C=O) groups excluding carboxylic acids is 1. The average molecular weight is 290 g/mol. The molecule has 0 spiro atoms. The Labute approximate surface area is 127 Å². The first-order valence-corrected chi connectivity index (χ1v) is 7.61. The van der Waals surface area contributed by atoms with E-state index in [-0.39, 0.29) is 17.7 Å². The first kappa shape index (κ1) is 15.8. The molecular weight excluding hydrogens is 264 g/mol. The SMILES string of the molecule is C[C@H](CN1CCc2ccccc2C1)OC(=O)NC(C)(C)C. The van der Waals surface area contributed by atoms with Crippen molar-refractivity contribution in [3.63, 3.8) is 0 Å². The largest absolute Gasteiger partial charge is 0.445 e. The van der Waals surface area contributed by atoms with Crippen molar-refractivity contribution in [1.82, 2.24) is 10.2 Å². The molecule has 1 amide bonds. The summed E-state index contributed by atoms with van der Waals surface area (Å²) in [6, 6.07) is 8.55. The zero-order chi connectivity index (χ0) is 15.5. The normalized spacial score (nSPS) is 17.0. The van der Waals surface area contributed by atoms with Gasteiger partial charge >= 0.3 is 6.09 Å². The standard InChI is InChI=1S/C17H26N2O2/c1-13(21-16(20)18-17(2,3)4)11-19-10-9-14-7-5-6-8-15(14)12-19/h5-8,13H,9-12H2,1-4H3,(H,18,20)/t13-/m1/s1. The van der Waals surface area contributed by atoms with Crippen LogP contribution in [0.2, 0.25) is 0 Å². The van der Waals surface area contributed by atoms with Gasteiger partial charge in [-0.25, -0.2) is 4.79 Å². The summed E-state index contributed by atoms with van der Waals surface area (Å²) < 4.78 is 5.43. The molecule has 1 aliphatic heterocycles. The summed E-state index contributed by atoms with van der Waals surface area (Å²) in [5.41, 5.74) is 2.56. The molecule has 1 aromatic carbocycles. The molecule has 1 aliphatic rings. The number of nitrogens with zero attached hydrogens (tertiary/aromatic N) is 1. The highest BCUT2D eigenvalue weighted by molar-refractivity contribution is 5.68. The molecule has 1 aromatic rings. The van der Waals surface area contributed by atoms with Gasteiger partial charge in [0.25, 0.3) is 0 Å². The van der Waals surface area contributed by atoms with E-state index in [1.165, 1.54) is 11.1 Å². The molecule has 1 heterocycles. The maximum atomic E-state index is 11.8. The Kier molecular flexibility index (Phi) is 4.88. The second kappa shape index (κ2) is 6.48. The van der Waals surface area contributed by atoms with E-state index >= 15 is 0 Å². The van der Waals surface area contributed by atoms with Crippen LogP contribution in [0.1, 0.15) is 38.8 Å². The highest BCUT2D eigenvalue weighted by Crippen LogP contribution is 2.18. The molecule has 21 heavy (non-hydrogen) atoms. The van der Waals surface area contributed by atoms with Crippen molar-refractivity contribution < 1.29 is 9.53 Å². The molecule has 116 valence electrons. The number of carbonyl (C=O) groups is 1. The summed E-state index contributed by atoms with van der Waals surface area (Å²) in [6.07, 6.45) is 0.613. The smallest absolute Gasteiger partial charge is 0.407 e. The number of nitrogens with one attached hydrogen (secondary N) is 1. The number of hydrogen-bond acceptors (Lipinski definition) is 3. The Bertz CT molecular complexity index is 494. The summed E-state index contributed by atoms with van der Waals surface area (Å²) in [4.78, 5) is 14.1. The fraction of sp³-hybridized carbons (Fsp3) is 0.588. The maximum Gasteiger partial charge on any atom is 0.407 e. The Balaban J connectivity index is 1.82. The maximum absolute atomic E-state index is 11.8. The van der Waals surface area contributed by atoms with Crippen molar-refractivity contribution in [1.29, 1.82) is 0 Å². The van der Waals surface area contributed by atoms with Crippen LogP contribution < -0.4 is 5.32 Å². The molecule has 0 saturated carbocycles. The number of rotatable bonds is 3. The van der Waals surface area contributed by atoms with Crippen LogP contribution in [-0.2, 0) is 17.7 Å². The van der Waals surface area contributed by atoms with E-state index < -0.39 is 0 Å². The average Bonchev–Trinajstić information content (AvgIpc) is 2.35. The fourth-order valence-corrected chi connectivity index (χ4v) is 2.63. The summed E-state index contributed by atoms with van der Waals surface area (Å²) >= 11 is 0. The highest BCUT2D eigenvalue weighted by atomic mass is 16.6. The number of benzene rings is 1. The summed E-state index contributed by atoms with van der Waals surface area (Å²) in [5.74, 6) is 0. The van der Waals surface area contributed by atoms with Crippen LogP contribution in [0.25, 0.3) is 0 Å². The Hall–Kier alpha value is -1.55. The molecular formula is C17H26N2O2. The predicted molar refractivity (Wildman–Crippen MR) is 84.3 cm³/mol. The lowest BCUT2D eigenvalue weighted by Crippen LogP contribution is -2.44. The third kappa shape index (κ3) is 5.05. The lowest BCUT2D eigenvalue weighted by Gasteiger charge is -2.31. The second-order valence-electron chi connectivity index (χ2n) is 6.84. The van der Waals surface area contributed by atoms with E-state index in [1.54, 1.807) is 0 Å². The van der Waals surface area contributed by atoms with Crippen LogP contribution in [0.4, 0.5) is 4.79 Å².